The Hall–Kier alpha value is -4.18. The van der Waals surface area contributed by atoms with Crippen molar-refractivity contribution < 1.29 is 14.6 Å². The number of carbonyl (C=O) groups excluding carboxylic acids is 1. The van der Waals surface area contributed by atoms with Gasteiger partial charge in [-0.1, -0.05) is 18.2 Å². The van der Waals surface area contributed by atoms with E-state index in [1.54, 1.807) is 42.7 Å². The highest BCUT2D eigenvalue weighted by atomic mass is 16.6. The molecule has 0 radical (unpaired) electrons. The fourth-order valence-electron chi connectivity index (χ4n) is 4.24. The van der Waals surface area contributed by atoms with Crippen LogP contribution in [0.1, 0.15) is 32.6 Å². The first kappa shape index (κ1) is 23.6. The zero-order valence-electron chi connectivity index (χ0n) is 20.0. The number of ether oxygens (including phenoxy) is 1. The standard InChI is InChI=1S/C26H29N7O3/c1-2-33-16-27-22-23(31-25(32-24(22)33)29-18-12-14-20(34)15-13-18)28-17-8-10-19(11-9-17)30-26(35)36-21-6-4-3-5-7-21/h3-11,16,18,20,34H,2,12-15H2,1H3,(H,30,35)(H2,28,29,31,32). The molecule has 2 heterocycles. The maximum Gasteiger partial charge on any atom is 0.417 e. The van der Waals surface area contributed by atoms with E-state index in [-0.39, 0.29) is 12.1 Å². The van der Waals surface area contributed by atoms with Crippen molar-refractivity contribution in [1.82, 2.24) is 19.5 Å². The van der Waals surface area contributed by atoms with E-state index in [0.29, 0.717) is 28.7 Å². The second-order valence-electron chi connectivity index (χ2n) is 8.78. The van der Waals surface area contributed by atoms with Crippen molar-refractivity contribution in [3.8, 4) is 5.75 Å². The summed E-state index contributed by atoms with van der Waals surface area (Å²) in [5.74, 6) is 1.60. The van der Waals surface area contributed by atoms with Gasteiger partial charge in [-0.2, -0.15) is 9.97 Å². The van der Waals surface area contributed by atoms with Crippen LogP contribution >= 0.6 is 0 Å². The van der Waals surface area contributed by atoms with Gasteiger partial charge in [0.1, 0.15) is 5.75 Å². The van der Waals surface area contributed by atoms with Crippen molar-refractivity contribution in [3.63, 3.8) is 0 Å². The van der Waals surface area contributed by atoms with Crippen LogP contribution in [0.2, 0.25) is 0 Å². The topological polar surface area (TPSA) is 126 Å². The molecule has 36 heavy (non-hydrogen) atoms. The highest BCUT2D eigenvalue weighted by Crippen LogP contribution is 2.27. The molecule has 2 aromatic carbocycles. The molecule has 2 aromatic heterocycles. The van der Waals surface area contributed by atoms with Crippen molar-refractivity contribution >= 4 is 40.4 Å². The van der Waals surface area contributed by atoms with E-state index in [1.165, 1.54) is 0 Å². The summed E-state index contributed by atoms with van der Waals surface area (Å²) in [5, 5.41) is 19.3. The highest BCUT2D eigenvalue weighted by molar-refractivity contribution is 5.88. The number of hydrogen-bond acceptors (Lipinski definition) is 8. The summed E-state index contributed by atoms with van der Waals surface area (Å²) in [5.41, 5.74) is 2.81. The summed E-state index contributed by atoms with van der Waals surface area (Å²) >= 11 is 0. The van der Waals surface area contributed by atoms with Crippen LogP contribution in [-0.4, -0.2) is 42.9 Å². The lowest BCUT2D eigenvalue weighted by Crippen LogP contribution is -2.29. The number of aliphatic hydroxyl groups is 1. The number of aryl methyl sites for hydroxylation is 1. The molecule has 0 saturated heterocycles. The van der Waals surface area contributed by atoms with Gasteiger partial charge in [-0.3, -0.25) is 5.32 Å². The molecule has 0 bridgehead atoms. The van der Waals surface area contributed by atoms with E-state index >= 15 is 0 Å². The molecular weight excluding hydrogens is 458 g/mol. The van der Waals surface area contributed by atoms with Crippen molar-refractivity contribution in [2.45, 2.75) is 51.3 Å². The average Bonchev–Trinajstić information content (AvgIpc) is 3.30. The van der Waals surface area contributed by atoms with Crippen LogP contribution in [0, 0.1) is 0 Å². The quantitative estimate of drug-likeness (QED) is 0.289. The smallest absolute Gasteiger partial charge is 0.410 e. The predicted octanol–water partition coefficient (Wildman–Crippen LogP) is 4.92. The van der Waals surface area contributed by atoms with Gasteiger partial charge in [-0.15, -0.1) is 0 Å². The monoisotopic (exact) mass is 487 g/mol. The molecule has 1 saturated carbocycles. The Bertz CT molecular complexity index is 1320. The first-order valence-electron chi connectivity index (χ1n) is 12.2. The Morgan fingerprint density at radius 2 is 1.75 bits per heavy atom. The molecule has 1 aliphatic rings. The molecule has 1 aliphatic carbocycles. The Kier molecular flexibility index (Phi) is 6.94. The third kappa shape index (κ3) is 5.55. The Balaban J connectivity index is 1.31. The molecule has 0 spiro atoms. The molecule has 5 rings (SSSR count). The summed E-state index contributed by atoms with van der Waals surface area (Å²) in [6, 6.07) is 16.4. The molecule has 10 heteroatoms. The Morgan fingerprint density at radius 3 is 2.47 bits per heavy atom. The van der Waals surface area contributed by atoms with Crippen molar-refractivity contribution in [3.05, 3.63) is 60.9 Å². The number of carbonyl (C=O) groups is 1. The number of imidazole rings is 1. The fourth-order valence-corrected chi connectivity index (χ4v) is 4.24. The van der Waals surface area contributed by atoms with Crippen LogP contribution in [0.4, 0.5) is 27.9 Å². The minimum Gasteiger partial charge on any atom is -0.410 e. The third-order valence-electron chi connectivity index (χ3n) is 6.18. The van der Waals surface area contributed by atoms with Crippen molar-refractivity contribution in [2.24, 2.45) is 0 Å². The van der Waals surface area contributed by atoms with Crippen LogP contribution < -0.4 is 20.7 Å². The molecule has 0 unspecified atom stereocenters. The number of aliphatic hydroxyl groups excluding tert-OH is 1. The molecule has 186 valence electrons. The van der Waals surface area contributed by atoms with E-state index in [1.807, 2.05) is 29.7 Å². The van der Waals surface area contributed by atoms with Crippen LogP contribution in [0.5, 0.6) is 5.75 Å². The van der Waals surface area contributed by atoms with Gasteiger partial charge in [-0.25, -0.2) is 9.78 Å². The normalized spacial score (nSPS) is 17.5. The molecule has 4 aromatic rings. The molecule has 10 nitrogen and oxygen atoms in total. The Labute approximate surface area is 208 Å². The number of aromatic nitrogens is 4. The lowest BCUT2D eigenvalue weighted by Gasteiger charge is -2.26. The zero-order chi connectivity index (χ0) is 24.9. The summed E-state index contributed by atoms with van der Waals surface area (Å²) in [7, 11) is 0. The van der Waals surface area contributed by atoms with Crippen molar-refractivity contribution in [1.29, 1.82) is 0 Å². The molecule has 4 N–H and O–H groups in total. The molecular formula is C26H29N7O3. The van der Waals surface area contributed by atoms with E-state index in [9.17, 15) is 9.90 Å². The maximum atomic E-state index is 12.2. The average molecular weight is 488 g/mol. The lowest BCUT2D eigenvalue weighted by molar-refractivity contribution is 0.126. The van der Waals surface area contributed by atoms with Gasteiger partial charge in [0, 0.05) is 24.0 Å². The zero-order valence-corrected chi connectivity index (χ0v) is 20.0. The largest absolute Gasteiger partial charge is 0.417 e. The van der Waals surface area contributed by atoms with E-state index in [2.05, 4.69) is 20.9 Å². The predicted molar refractivity (Wildman–Crippen MR) is 139 cm³/mol. The number of amides is 1. The Morgan fingerprint density at radius 1 is 1.03 bits per heavy atom. The molecule has 0 atom stereocenters. The first-order chi connectivity index (χ1) is 17.6. The van der Waals surface area contributed by atoms with Gasteiger partial charge in [0.25, 0.3) is 0 Å². The molecule has 0 aliphatic heterocycles. The number of nitrogens with zero attached hydrogens (tertiary/aromatic N) is 4. The number of hydrogen-bond donors (Lipinski definition) is 4. The fraction of sp³-hybridized carbons (Fsp3) is 0.308. The highest BCUT2D eigenvalue weighted by Gasteiger charge is 2.21. The van der Waals surface area contributed by atoms with Gasteiger partial charge >= 0.3 is 6.09 Å². The maximum absolute atomic E-state index is 12.2. The minimum absolute atomic E-state index is 0.220. The van der Waals surface area contributed by atoms with Gasteiger partial charge in [-0.05, 0) is 69.0 Å². The summed E-state index contributed by atoms with van der Waals surface area (Å²) in [4.78, 5) is 26.1. The van der Waals surface area contributed by atoms with E-state index in [4.69, 9.17) is 14.7 Å². The number of anilines is 4. The SMILES string of the molecule is CCn1cnc2c(Nc3ccc(NC(=O)Oc4ccccc4)cc3)nc(NC3CCC(O)CC3)nc21. The second-order valence-corrected chi connectivity index (χ2v) is 8.78. The van der Waals surface area contributed by atoms with E-state index < -0.39 is 6.09 Å². The van der Waals surface area contributed by atoms with Crippen molar-refractivity contribution in [2.75, 3.05) is 16.0 Å². The lowest BCUT2D eigenvalue weighted by atomic mass is 9.93. The summed E-state index contributed by atoms with van der Waals surface area (Å²) in [6.45, 7) is 2.78. The summed E-state index contributed by atoms with van der Waals surface area (Å²) < 4.78 is 7.25. The first-order valence-corrected chi connectivity index (χ1v) is 12.2. The third-order valence-corrected chi connectivity index (χ3v) is 6.18. The van der Waals surface area contributed by atoms with Gasteiger partial charge in [0.2, 0.25) is 5.95 Å². The number of benzene rings is 2. The minimum atomic E-state index is -0.560. The van der Waals surface area contributed by atoms with Gasteiger partial charge in [0.05, 0.1) is 12.4 Å². The van der Waals surface area contributed by atoms with Crippen LogP contribution in [0.15, 0.2) is 60.9 Å². The number of nitrogens with one attached hydrogen (secondary N) is 3. The molecule has 1 fully saturated rings. The van der Waals surface area contributed by atoms with Crippen LogP contribution in [0.25, 0.3) is 11.2 Å². The number of para-hydroxylation sites is 1. The van der Waals surface area contributed by atoms with Crippen LogP contribution in [0.3, 0.4) is 0 Å². The summed E-state index contributed by atoms with van der Waals surface area (Å²) in [6.07, 6.45) is 4.28. The molecule has 1 amide bonds. The van der Waals surface area contributed by atoms with Crippen LogP contribution in [-0.2, 0) is 6.54 Å². The van der Waals surface area contributed by atoms with E-state index in [0.717, 1.165) is 43.6 Å². The van der Waals surface area contributed by atoms with Gasteiger partial charge in [0.15, 0.2) is 17.0 Å². The number of rotatable bonds is 7. The number of fused-ring (bicyclic) bond motifs is 1. The van der Waals surface area contributed by atoms with Gasteiger partial charge < -0.3 is 25.0 Å². The second kappa shape index (κ2) is 10.6.